The van der Waals surface area contributed by atoms with Gasteiger partial charge in [-0.2, -0.15) is 0 Å². The fraction of sp³-hybridized carbons (Fsp3) is 0.538. The number of aromatic hydroxyl groups is 1. The van der Waals surface area contributed by atoms with Crippen LogP contribution in [0.25, 0.3) is 0 Å². The van der Waals surface area contributed by atoms with Crippen molar-refractivity contribution in [2.24, 2.45) is 0 Å². The first-order chi connectivity index (χ1) is 8.96. The molecule has 1 aromatic carbocycles. The average Bonchev–Trinajstić information content (AvgIpc) is 2.37. The second-order valence-corrected chi connectivity index (χ2v) is 4.87. The number of hydrogen-bond acceptors (Lipinski definition) is 5. The number of phenolic OH excluding ortho intramolecular Hbond substituents is 1. The molecule has 0 amide bonds. The monoisotopic (exact) mass is 269 g/mol. The van der Waals surface area contributed by atoms with Gasteiger partial charge in [-0.15, -0.1) is 0 Å². The van der Waals surface area contributed by atoms with E-state index >= 15 is 0 Å². The van der Waals surface area contributed by atoms with Gasteiger partial charge in [0, 0.05) is 17.5 Å². The number of quaternary nitrogens is 1. The van der Waals surface area contributed by atoms with Crippen molar-refractivity contribution in [2.75, 3.05) is 34.4 Å². The maximum Gasteiger partial charge on any atom is 0.203 e. The van der Waals surface area contributed by atoms with Crippen molar-refractivity contribution in [3.63, 3.8) is 0 Å². The van der Waals surface area contributed by atoms with Gasteiger partial charge in [-0.3, -0.25) is 0 Å². The summed E-state index contributed by atoms with van der Waals surface area (Å²) < 4.78 is 9.74. The number of nitrogens with zero attached hydrogens (tertiary/aromatic N) is 1. The number of methoxy groups -OCH3 is 2. The Morgan fingerprint density at radius 1 is 1.42 bits per heavy atom. The van der Waals surface area contributed by atoms with E-state index in [9.17, 15) is 15.4 Å². The van der Waals surface area contributed by atoms with Gasteiger partial charge in [0.25, 0.3) is 0 Å². The quantitative estimate of drug-likeness (QED) is 0.630. The second-order valence-electron chi connectivity index (χ2n) is 4.87. The minimum atomic E-state index is -0.616. The van der Waals surface area contributed by atoms with E-state index in [1.54, 1.807) is 6.07 Å². The Morgan fingerprint density at radius 3 is 2.63 bits per heavy atom. The van der Waals surface area contributed by atoms with E-state index < -0.39 is 10.7 Å². The molecule has 0 saturated heterocycles. The fourth-order valence-electron chi connectivity index (χ4n) is 2.65. The molecule has 0 saturated carbocycles. The molecule has 0 aromatic heterocycles. The van der Waals surface area contributed by atoms with Crippen molar-refractivity contribution in [3.05, 3.63) is 22.4 Å². The molecule has 2 unspecified atom stereocenters. The third-order valence-corrected chi connectivity index (χ3v) is 3.78. The second kappa shape index (κ2) is 4.88. The van der Waals surface area contributed by atoms with Crippen LogP contribution in [0.2, 0.25) is 0 Å². The van der Waals surface area contributed by atoms with Crippen LogP contribution in [0, 0.1) is 5.21 Å². The highest BCUT2D eigenvalue weighted by atomic mass is 16.5. The molecule has 1 aliphatic heterocycles. The standard InChI is InChI=1S/C13H19NO5/c1-14(17)5-4-8-9(10(14)7-15)6-11(18-2)13(19-3)12(8)16/h6,10,15-16H,4-5,7H2,1-3H3. The molecule has 19 heavy (non-hydrogen) atoms. The Labute approximate surface area is 112 Å². The van der Waals surface area contributed by atoms with E-state index in [0.717, 1.165) is 0 Å². The largest absolute Gasteiger partial charge is 0.632 e. The van der Waals surface area contributed by atoms with Crippen LogP contribution < -0.4 is 9.47 Å². The molecule has 106 valence electrons. The topological polar surface area (TPSA) is 82.0 Å². The molecule has 1 aromatic rings. The summed E-state index contributed by atoms with van der Waals surface area (Å²) in [6, 6.07) is 1.05. The van der Waals surface area contributed by atoms with Crippen LogP contribution in [-0.2, 0) is 6.42 Å². The van der Waals surface area contributed by atoms with Crippen molar-refractivity contribution in [1.82, 2.24) is 0 Å². The average molecular weight is 269 g/mol. The maximum atomic E-state index is 12.3. The molecule has 0 bridgehead atoms. The van der Waals surface area contributed by atoms with Crippen molar-refractivity contribution >= 4 is 0 Å². The summed E-state index contributed by atoms with van der Waals surface area (Å²) in [6.07, 6.45) is 0.442. The molecular formula is C13H19NO5. The molecule has 6 nitrogen and oxygen atoms in total. The van der Waals surface area contributed by atoms with Crippen LogP contribution in [0.15, 0.2) is 6.07 Å². The lowest BCUT2D eigenvalue weighted by atomic mass is 9.91. The van der Waals surface area contributed by atoms with Gasteiger partial charge in [0.1, 0.15) is 6.04 Å². The summed E-state index contributed by atoms with van der Waals surface area (Å²) in [5, 5.41) is 32.1. The number of aliphatic hydroxyl groups excluding tert-OH is 1. The van der Waals surface area contributed by atoms with Crippen molar-refractivity contribution in [2.45, 2.75) is 12.5 Å². The van der Waals surface area contributed by atoms with E-state index in [1.165, 1.54) is 21.3 Å². The predicted molar refractivity (Wildman–Crippen MR) is 69.2 cm³/mol. The van der Waals surface area contributed by atoms with Crippen LogP contribution in [0.3, 0.4) is 0 Å². The Bertz CT molecular complexity index is 486. The first-order valence-electron chi connectivity index (χ1n) is 6.10. The van der Waals surface area contributed by atoms with Gasteiger partial charge in [-0.25, -0.2) is 0 Å². The zero-order chi connectivity index (χ0) is 14.2. The lowest BCUT2D eigenvalue weighted by Gasteiger charge is -2.48. The smallest absolute Gasteiger partial charge is 0.203 e. The summed E-state index contributed by atoms with van der Waals surface area (Å²) in [7, 11) is 4.44. The van der Waals surface area contributed by atoms with Gasteiger partial charge in [-0.1, -0.05) is 0 Å². The van der Waals surface area contributed by atoms with E-state index in [0.29, 0.717) is 29.8 Å². The minimum Gasteiger partial charge on any atom is -0.632 e. The Kier molecular flexibility index (Phi) is 3.58. The molecule has 0 fully saturated rings. The molecule has 2 atom stereocenters. The number of fused-ring (bicyclic) bond motifs is 1. The number of hydroxylamine groups is 3. The third-order valence-electron chi connectivity index (χ3n) is 3.78. The Morgan fingerprint density at radius 2 is 2.11 bits per heavy atom. The summed E-state index contributed by atoms with van der Waals surface area (Å²) >= 11 is 0. The Balaban J connectivity index is 2.64. The number of aliphatic hydroxyl groups is 1. The van der Waals surface area contributed by atoms with Gasteiger partial charge < -0.3 is 29.5 Å². The number of phenols is 1. The predicted octanol–water partition coefficient (Wildman–Crippen LogP) is 0.943. The molecule has 2 rings (SSSR count). The fourth-order valence-corrected chi connectivity index (χ4v) is 2.65. The maximum absolute atomic E-state index is 12.3. The van der Waals surface area contributed by atoms with Crippen LogP contribution >= 0.6 is 0 Å². The first-order valence-corrected chi connectivity index (χ1v) is 6.10. The minimum absolute atomic E-state index is 0.00463. The van der Waals surface area contributed by atoms with Crippen LogP contribution in [0.5, 0.6) is 17.2 Å². The van der Waals surface area contributed by atoms with Crippen molar-refractivity contribution in [1.29, 1.82) is 0 Å². The third kappa shape index (κ3) is 2.11. The molecule has 0 aliphatic carbocycles. The normalized spacial score (nSPS) is 25.8. The van der Waals surface area contributed by atoms with Gasteiger partial charge in [0.15, 0.2) is 11.5 Å². The molecule has 6 heteroatoms. The SMILES string of the molecule is COc1cc2c(c(O)c1OC)CC[N+](C)([O-])C2CO. The van der Waals surface area contributed by atoms with E-state index in [1.807, 2.05) is 0 Å². The summed E-state index contributed by atoms with van der Waals surface area (Å²) in [4.78, 5) is 0. The number of hydrogen-bond donors (Lipinski definition) is 2. The highest BCUT2D eigenvalue weighted by Gasteiger charge is 2.36. The van der Waals surface area contributed by atoms with E-state index in [-0.39, 0.29) is 18.1 Å². The summed E-state index contributed by atoms with van der Waals surface area (Å²) in [5.41, 5.74) is 1.28. The van der Waals surface area contributed by atoms with Gasteiger partial charge in [0.05, 0.1) is 34.4 Å². The molecule has 0 radical (unpaired) electrons. The van der Waals surface area contributed by atoms with Crippen LogP contribution in [0.4, 0.5) is 0 Å². The highest BCUT2D eigenvalue weighted by molar-refractivity contribution is 5.59. The summed E-state index contributed by atoms with van der Waals surface area (Å²) in [6.45, 7) is 0.0309. The molecule has 2 N–H and O–H groups in total. The van der Waals surface area contributed by atoms with E-state index in [2.05, 4.69) is 0 Å². The van der Waals surface area contributed by atoms with Gasteiger partial charge in [0.2, 0.25) is 5.75 Å². The zero-order valence-electron chi connectivity index (χ0n) is 11.3. The lowest BCUT2D eigenvalue weighted by Crippen LogP contribution is -2.47. The van der Waals surface area contributed by atoms with Crippen molar-refractivity contribution in [3.8, 4) is 17.2 Å². The van der Waals surface area contributed by atoms with Crippen LogP contribution in [0.1, 0.15) is 17.2 Å². The Hall–Kier alpha value is -1.50. The van der Waals surface area contributed by atoms with Gasteiger partial charge in [-0.05, 0) is 6.07 Å². The molecule has 0 spiro atoms. The number of likely N-dealkylation sites (N-methyl/N-ethyl adjacent to an activating group) is 1. The van der Waals surface area contributed by atoms with Crippen LogP contribution in [-0.4, -0.2) is 49.3 Å². The van der Waals surface area contributed by atoms with Gasteiger partial charge >= 0.3 is 0 Å². The highest BCUT2D eigenvalue weighted by Crippen LogP contribution is 2.46. The van der Waals surface area contributed by atoms with E-state index in [4.69, 9.17) is 9.47 Å². The number of ether oxygens (including phenoxy) is 2. The molecular weight excluding hydrogens is 250 g/mol. The molecule has 1 heterocycles. The summed E-state index contributed by atoms with van der Waals surface area (Å²) in [5.74, 6) is 0.619. The number of benzene rings is 1. The lowest BCUT2D eigenvalue weighted by molar-refractivity contribution is -0.895. The van der Waals surface area contributed by atoms with Crippen molar-refractivity contribution < 1.29 is 24.3 Å². The number of rotatable bonds is 3. The molecule has 1 aliphatic rings. The zero-order valence-corrected chi connectivity index (χ0v) is 11.3. The first kappa shape index (κ1) is 13.9.